The van der Waals surface area contributed by atoms with Crippen LogP contribution in [0.1, 0.15) is 11.1 Å². The number of hydrogen-bond acceptors (Lipinski definition) is 2. The summed E-state index contributed by atoms with van der Waals surface area (Å²) in [4.78, 5) is 4.39. The van der Waals surface area contributed by atoms with Crippen molar-refractivity contribution in [3.8, 4) is 0 Å². The molecule has 5 nitrogen and oxygen atoms in total. The molecule has 0 atom stereocenters. The molecular formula is C17H19N5. The summed E-state index contributed by atoms with van der Waals surface area (Å²) in [5.74, 6) is 0.274. The lowest BCUT2D eigenvalue weighted by atomic mass is 10.2. The van der Waals surface area contributed by atoms with Crippen molar-refractivity contribution in [2.24, 2.45) is 10.7 Å². The van der Waals surface area contributed by atoms with Crippen LogP contribution in [0.3, 0.4) is 0 Å². The van der Waals surface area contributed by atoms with Crippen molar-refractivity contribution in [3.63, 3.8) is 0 Å². The van der Waals surface area contributed by atoms with E-state index in [-0.39, 0.29) is 5.96 Å². The van der Waals surface area contributed by atoms with E-state index >= 15 is 0 Å². The Morgan fingerprint density at radius 1 is 1.05 bits per heavy atom. The van der Waals surface area contributed by atoms with Gasteiger partial charge < -0.3 is 11.1 Å². The maximum Gasteiger partial charge on any atom is 0.202 e. The number of nitrogens with two attached hydrogens (primary N) is 1. The van der Waals surface area contributed by atoms with Crippen molar-refractivity contribution in [3.05, 3.63) is 78.0 Å². The van der Waals surface area contributed by atoms with Gasteiger partial charge in [-0.05, 0) is 17.2 Å². The number of rotatable bonds is 4. The largest absolute Gasteiger partial charge is 0.370 e. The van der Waals surface area contributed by atoms with E-state index in [2.05, 4.69) is 15.6 Å². The molecule has 0 spiro atoms. The van der Waals surface area contributed by atoms with Gasteiger partial charge in [-0.2, -0.15) is 0 Å². The van der Waals surface area contributed by atoms with E-state index in [1.54, 1.807) is 6.20 Å². The van der Waals surface area contributed by atoms with Crippen molar-refractivity contribution in [2.45, 2.75) is 6.54 Å². The zero-order valence-corrected chi connectivity index (χ0v) is 12.2. The van der Waals surface area contributed by atoms with Crippen molar-refractivity contribution >= 4 is 18.0 Å². The molecule has 112 valence electrons. The minimum Gasteiger partial charge on any atom is -0.370 e. The molecule has 0 unspecified atom stereocenters. The molecule has 2 rings (SSSR count). The van der Waals surface area contributed by atoms with Gasteiger partial charge in [0.05, 0.1) is 6.54 Å². The molecule has 0 amide bonds. The quantitative estimate of drug-likeness (QED) is 0.515. The SMILES string of the molecule is N=C(N)NC(=NCc1ccccc1)NC=Cc1ccccc1. The Labute approximate surface area is 130 Å². The Morgan fingerprint density at radius 3 is 2.32 bits per heavy atom. The van der Waals surface area contributed by atoms with Gasteiger partial charge in [0.25, 0.3) is 0 Å². The van der Waals surface area contributed by atoms with Crippen LogP contribution in [-0.4, -0.2) is 11.9 Å². The molecule has 5 heteroatoms. The zero-order valence-electron chi connectivity index (χ0n) is 12.2. The number of hydrogen-bond donors (Lipinski definition) is 4. The molecule has 0 aliphatic rings. The van der Waals surface area contributed by atoms with Crippen molar-refractivity contribution in [1.29, 1.82) is 5.41 Å². The van der Waals surface area contributed by atoms with Crippen LogP contribution < -0.4 is 16.4 Å². The summed E-state index contributed by atoms with van der Waals surface area (Å²) in [6.07, 6.45) is 3.68. The molecular weight excluding hydrogens is 274 g/mol. The fraction of sp³-hybridized carbons (Fsp3) is 0.0588. The average molecular weight is 293 g/mol. The van der Waals surface area contributed by atoms with Crippen molar-refractivity contribution in [1.82, 2.24) is 10.6 Å². The van der Waals surface area contributed by atoms with Gasteiger partial charge in [-0.15, -0.1) is 0 Å². The fourth-order valence-corrected chi connectivity index (χ4v) is 1.78. The summed E-state index contributed by atoms with van der Waals surface area (Å²) >= 11 is 0. The average Bonchev–Trinajstić information content (AvgIpc) is 2.54. The molecule has 0 aromatic heterocycles. The Kier molecular flexibility index (Phi) is 5.75. The number of nitrogens with one attached hydrogen (secondary N) is 3. The van der Waals surface area contributed by atoms with Crippen LogP contribution in [0.15, 0.2) is 71.9 Å². The van der Waals surface area contributed by atoms with Crippen LogP contribution in [0, 0.1) is 5.41 Å². The Morgan fingerprint density at radius 2 is 1.68 bits per heavy atom. The molecule has 0 radical (unpaired) electrons. The molecule has 0 fully saturated rings. The topological polar surface area (TPSA) is 86.3 Å². The summed E-state index contributed by atoms with van der Waals surface area (Å²) in [6, 6.07) is 19.8. The molecule has 0 aliphatic heterocycles. The lowest BCUT2D eigenvalue weighted by Gasteiger charge is -2.08. The van der Waals surface area contributed by atoms with E-state index in [1.807, 2.05) is 66.7 Å². The molecule has 2 aromatic carbocycles. The van der Waals surface area contributed by atoms with E-state index in [0.29, 0.717) is 12.5 Å². The first-order chi connectivity index (χ1) is 10.7. The maximum atomic E-state index is 7.33. The third kappa shape index (κ3) is 5.50. The smallest absolute Gasteiger partial charge is 0.202 e. The molecule has 0 bridgehead atoms. The second-order valence-corrected chi connectivity index (χ2v) is 4.58. The Balaban J connectivity index is 1.99. The van der Waals surface area contributed by atoms with E-state index in [9.17, 15) is 0 Å². The highest BCUT2D eigenvalue weighted by atomic mass is 15.2. The summed E-state index contributed by atoms with van der Waals surface area (Å²) in [5.41, 5.74) is 7.52. The monoisotopic (exact) mass is 293 g/mol. The third-order valence-corrected chi connectivity index (χ3v) is 2.81. The lowest BCUT2D eigenvalue weighted by Crippen LogP contribution is -2.42. The van der Waals surface area contributed by atoms with Crippen molar-refractivity contribution in [2.75, 3.05) is 0 Å². The fourth-order valence-electron chi connectivity index (χ4n) is 1.78. The van der Waals surface area contributed by atoms with Gasteiger partial charge in [0.1, 0.15) is 0 Å². The molecule has 5 N–H and O–H groups in total. The first kappa shape index (κ1) is 15.3. The highest BCUT2D eigenvalue weighted by Crippen LogP contribution is 2.01. The summed E-state index contributed by atoms with van der Waals surface area (Å²) in [6.45, 7) is 0.503. The highest BCUT2D eigenvalue weighted by Gasteiger charge is 1.97. The first-order valence-electron chi connectivity index (χ1n) is 6.91. The second-order valence-electron chi connectivity index (χ2n) is 4.58. The number of nitrogens with zero attached hydrogens (tertiary/aromatic N) is 1. The summed E-state index contributed by atoms with van der Waals surface area (Å²) < 4.78 is 0. The third-order valence-electron chi connectivity index (χ3n) is 2.81. The Bertz CT molecular complexity index is 647. The van der Waals surface area contributed by atoms with Crippen LogP contribution in [0.25, 0.3) is 6.08 Å². The van der Waals surface area contributed by atoms with Gasteiger partial charge in [-0.25, -0.2) is 4.99 Å². The number of aliphatic imine (C=N–C) groups is 1. The van der Waals surface area contributed by atoms with Gasteiger partial charge in [0, 0.05) is 6.20 Å². The van der Waals surface area contributed by atoms with E-state index < -0.39 is 0 Å². The normalized spacial score (nSPS) is 11.4. The molecule has 22 heavy (non-hydrogen) atoms. The van der Waals surface area contributed by atoms with E-state index in [4.69, 9.17) is 11.1 Å². The van der Waals surface area contributed by atoms with Crippen LogP contribution in [0.4, 0.5) is 0 Å². The van der Waals surface area contributed by atoms with Crippen LogP contribution in [-0.2, 0) is 6.54 Å². The van der Waals surface area contributed by atoms with E-state index in [0.717, 1.165) is 11.1 Å². The van der Waals surface area contributed by atoms with E-state index in [1.165, 1.54) is 0 Å². The molecule has 2 aromatic rings. The lowest BCUT2D eigenvalue weighted by molar-refractivity contribution is 1.00. The minimum atomic E-state index is -0.160. The van der Waals surface area contributed by atoms with Crippen LogP contribution in [0.5, 0.6) is 0 Å². The van der Waals surface area contributed by atoms with Crippen molar-refractivity contribution < 1.29 is 0 Å². The van der Waals surface area contributed by atoms with Gasteiger partial charge in [0.15, 0.2) is 5.96 Å². The van der Waals surface area contributed by atoms with Gasteiger partial charge >= 0.3 is 0 Å². The first-order valence-corrected chi connectivity index (χ1v) is 6.91. The maximum absolute atomic E-state index is 7.33. The van der Waals surface area contributed by atoms with Crippen LogP contribution >= 0.6 is 0 Å². The van der Waals surface area contributed by atoms with Crippen LogP contribution in [0.2, 0.25) is 0 Å². The predicted octanol–water partition coefficient (Wildman–Crippen LogP) is 2.29. The molecule has 0 aliphatic carbocycles. The van der Waals surface area contributed by atoms with Gasteiger partial charge in [0.2, 0.25) is 5.96 Å². The highest BCUT2D eigenvalue weighted by molar-refractivity contribution is 5.97. The number of guanidine groups is 2. The zero-order chi connectivity index (χ0) is 15.6. The molecule has 0 heterocycles. The standard InChI is InChI=1S/C17H19N5/c18-16(19)22-17(21-13-15-9-5-2-6-10-15)20-12-11-14-7-3-1-4-8-14/h1-12H,13H2,(H5,18,19,20,21,22). The summed E-state index contributed by atoms with van der Waals surface area (Å²) in [5, 5.41) is 13.0. The number of benzene rings is 2. The molecule has 0 saturated heterocycles. The minimum absolute atomic E-state index is 0.160. The Hall–Kier alpha value is -3.08. The summed E-state index contributed by atoms with van der Waals surface area (Å²) in [7, 11) is 0. The van der Waals surface area contributed by atoms with Gasteiger partial charge in [-0.1, -0.05) is 60.7 Å². The predicted molar refractivity (Wildman–Crippen MR) is 91.2 cm³/mol. The molecule has 0 saturated carbocycles. The second kappa shape index (κ2) is 8.26. The van der Waals surface area contributed by atoms with Gasteiger partial charge in [-0.3, -0.25) is 10.7 Å².